The second-order valence-corrected chi connectivity index (χ2v) is 17.0. The third-order valence-corrected chi connectivity index (χ3v) is 13.4. The van der Waals surface area contributed by atoms with Crippen molar-refractivity contribution in [2.75, 3.05) is 0 Å². The van der Waals surface area contributed by atoms with Gasteiger partial charge in [0.15, 0.2) is 11.4 Å². The molecule has 0 saturated heterocycles. The molecule has 0 atom stereocenters. The van der Waals surface area contributed by atoms with Crippen LogP contribution < -0.4 is 0 Å². The van der Waals surface area contributed by atoms with E-state index in [2.05, 4.69) is 163 Å². The van der Waals surface area contributed by atoms with E-state index in [1.807, 2.05) is 60.7 Å². The molecule has 8 nitrogen and oxygen atoms in total. The van der Waals surface area contributed by atoms with Gasteiger partial charge in [-0.25, -0.2) is 19.7 Å². The fourth-order valence-corrected chi connectivity index (χ4v) is 10.3. The van der Waals surface area contributed by atoms with Crippen LogP contribution in [0.5, 0.6) is 0 Å². The van der Waals surface area contributed by atoms with Crippen LogP contribution in [0.2, 0.25) is 0 Å². The highest BCUT2D eigenvalue weighted by Gasteiger charge is 2.21. The van der Waals surface area contributed by atoms with Crippen molar-refractivity contribution in [3.8, 4) is 57.0 Å². The van der Waals surface area contributed by atoms with E-state index in [4.69, 9.17) is 23.1 Å². The van der Waals surface area contributed by atoms with Gasteiger partial charge in [-0.05, 0) is 84.9 Å². The molecule has 9 aromatic carbocycles. The summed E-state index contributed by atoms with van der Waals surface area (Å²) in [5, 5.41) is 17.9. The van der Waals surface area contributed by atoms with Gasteiger partial charge in [-0.15, -0.1) is 0 Å². The molecule has 13 aromatic rings. The summed E-state index contributed by atoms with van der Waals surface area (Å²) >= 11 is 0. The third kappa shape index (κ3) is 6.06. The lowest BCUT2D eigenvalue weighted by atomic mass is 10.0. The highest BCUT2D eigenvalue weighted by molar-refractivity contribution is 6.14. The summed E-state index contributed by atoms with van der Waals surface area (Å²) in [7, 11) is 0. The minimum atomic E-state index is 0.336. The fraction of sp³-hybridized carbons (Fsp3) is 0. The van der Waals surface area contributed by atoms with Crippen molar-refractivity contribution in [3.05, 3.63) is 235 Å². The molecule has 8 heteroatoms. The summed E-state index contributed by atoms with van der Waals surface area (Å²) < 4.78 is 6.95. The topological polar surface area (TPSA) is 73.1 Å². The van der Waals surface area contributed by atoms with Gasteiger partial charge in [-0.2, -0.15) is 5.26 Å². The lowest BCUT2D eigenvalue weighted by molar-refractivity contribution is 1.15. The molecule has 0 aliphatic carbocycles. The summed E-state index contributed by atoms with van der Waals surface area (Å²) in [4.78, 5) is 17.5. The third-order valence-electron chi connectivity index (χ3n) is 13.4. The first-order chi connectivity index (χ1) is 34.1. The monoisotopic (exact) mass is 878 g/mol. The van der Waals surface area contributed by atoms with Gasteiger partial charge < -0.3 is 13.7 Å². The van der Waals surface area contributed by atoms with Crippen molar-refractivity contribution in [1.82, 2.24) is 23.7 Å². The average Bonchev–Trinajstić information content (AvgIpc) is 4.05. The second kappa shape index (κ2) is 15.5. The van der Waals surface area contributed by atoms with E-state index in [-0.39, 0.29) is 0 Å². The molecule has 0 N–H and O–H groups in total. The quantitative estimate of drug-likeness (QED) is 0.156. The molecule has 0 unspecified atom stereocenters. The van der Waals surface area contributed by atoms with Crippen molar-refractivity contribution in [1.29, 1.82) is 5.26 Å². The fourth-order valence-electron chi connectivity index (χ4n) is 10.3. The number of fused-ring (bicyclic) bond motifs is 9. The van der Waals surface area contributed by atoms with Crippen LogP contribution in [-0.2, 0) is 0 Å². The number of hydrogen-bond donors (Lipinski definition) is 0. The Labute approximate surface area is 395 Å². The average molecular weight is 879 g/mol. The van der Waals surface area contributed by atoms with Crippen molar-refractivity contribution in [3.63, 3.8) is 0 Å². The maximum atomic E-state index is 11.0. The zero-order valence-electron chi connectivity index (χ0n) is 36.7. The lowest BCUT2D eigenvalue weighted by Gasteiger charge is -2.14. The van der Waals surface area contributed by atoms with Crippen molar-refractivity contribution >= 4 is 76.8 Å². The van der Waals surface area contributed by atoms with Crippen LogP contribution in [0.25, 0.3) is 126 Å². The number of hydrogen-bond acceptors (Lipinski definition) is 3. The first kappa shape index (κ1) is 39.3. The van der Waals surface area contributed by atoms with E-state index in [1.54, 1.807) is 12.1 Å². The Kier molecular flexibility index (Phi) is 8.85. The van der Waals surface area contributed by atoms with E-state index < -0.39 is 0 Å². The maximum absolute atomic E-state index is 11.0. The van der Waals surface area contributed by atoms with Gasteiger partial charge in [0.25, 0.3) is 0 Å². The smallest absolute Gasteiger partial charge is 0.198 e. The number of para-hydroxylation sites is 6. The predicted molar refractivity (Wildman–Crippen MR) is 279 cm³/mol. The summed E-state index contributed by atoms with van der Waals surface area (Å²) in [6, 6.07) is 72.4. The number of nitriles is 1. The molecule has 0 bridgehead atoms. The Hall–Kier alpha value is -10.1. The van der Waals surface area contributed by atoms with Crippen LogP contribution >= 0.6 is 0 Å². The Morgan fingerprint density at radius 2 is 0.739 bits per heavy atom. The summed E-state index contributed by atoms with van der Waals surface area (Å²) in [5.41, 5.74) is 13.5. The van der Waals surface area contributed by atoms with Gasteiger partial charge in [-0.1, -0.05) is 121 Å². The molecular formula is C61H34N8. The summed E-state index contributed by atoms with van der Waals surface area (Å²) in [6.45, 7) is 15.8. The van der Waals surface area contributed by atoms with Crippen LogP contribution in [0.4, 0.5) is 11.4 Å². The van der Waals surface area contributed by atoms with Crippen molar-refractivity contribution < 1.29 is 0 Å². The first-order valence-corrected chi connectivity index (χ1v) is 22.5. The maximum Gasteiger partial charge on any atom is 0.198 e. The molecule has 0 radical (unpaired) electrons. The molecule has 69 heavy (non-hydrogen) atoms. The standard InChI is InChI=1S/C61H34N8/c1-63-51-21-9-3-19-47(51)54-36-53(65-61(66-54)48-20-4-10-22-52(48)64-2)42-30-27-39(33-38(42)37-62)67-59-31-28-40(68-55-23-11-5-15-43(55)44-16-6-12-24-56(44)68)34-49(59)50-35-41(29-32-60(50)67)69-57-25-13-7-17-45(57)46-18-8-14-26-58(46)69/h3-36H. The highest BCUT2D eigenvalue weighted by atomic mass is 15.0. The van der Waals surface area contributed by atoms with Gasteiger partial charge >= 0.3 is 0 Å². The van der Waals surface area contributed by atoms with E-state index in [0.717, 1.165) is 60.9 Å². The Morgan fingerprint density at radius 1 is 0.362 bits per heavy atom. The molecule has 4 aromatic heterocycles. The van der Waals surface area contributed by atoms with Gasteiger partial charge in [0.05, 0.1) is 69.3 Å². The first-order valence-electron chi connectivity index (χ1n) is 22.5. The van der Waals surface area contributed by atoms with Gasteiger partial charge in [0, 0.05) is 66.1 Å². The highest BCUT2D eigenvalue weighted by Crippen LogP contribution is 2.41. The predicted octanol–water partition coefficient (Wildman–Crippen LogP) is 15.7. The normalized spacial score (nSPS) is 11.4. The number of nitrogens with zero attached hydrogens (tertiary/aromatic N) is 8. The molecular weight excluding hydrogens is 845 g/mol. The van der Waals surface area contributed by atoms with Crippen LogP contribution in [-0.4, -0.2) is 23.7 Å². The van der Waals surface area contributed by atoms with E-state index >= 15 is 0 Å². The molecule has 318 valence electrons. The van der Waals surface area contributed by atoms with Crippen LogP contribution in [0, 0.1) is 24.5 Å². The minimum Gasteiger partial charge on any atom is -0.309 e. The molecule has 0 aliphatic rings. The summed E-state index contributed by atoms with van der Waals surface area (Å²) in [6.07, 6.45) is 0. The Balaban J connectivity index is 1.04. The molecule has 0 amide bonds. The zero-order valence-corrected chi connectivity index (χ0v) is 36.7. The van der Waals surface area contributed by atoms with Gasteiger partial charge in [0.1, 0.15) is 5.82 Å². The minimum absolute atomic E-state index is 0.336. The van der Waals surface area contributed by atoms with Crippen LogP contribution in [0.3, 0.4) is 0 Å². The van der Waals surface area contributed by atoms with E-state index in [1.165, 1.54) is 21.5 Å². The van der Waals surface area contributed by atoms with Crippen LogP contribution in [0.1, 0.15) is 5.56 Å². The summed E-state index contributed by atoms with van der Waals surface area (Å²) in [5.74, 6) is 0.336. The molecule has 0 fully saturated rings. The second-order valence-electron chi connectivity index (χ2n) is 17.0. The van der Waals surface area contributed by atoms with Gasteiger partial charge in [-0.3, -0.25) is 0 Å². The Morgan fingerprint density at radius 3 is 1.22 bits per heavy atom. The largest absolute Gasteiger partial charge is 0.309 e. The molecule has 0 spiro atoms. The van der Waals surface area contributed by atoms with Crippen molar-refractivity contribution in [2.24, 2.45) is 0 Å². The van der Waals surface area contributed by atoms with E-state index in [9.17, 15) is 5.26 Å². The molecule has 0 saturated carbocycles. The Bertz CT molecular complexity index is 4080. The molecule has 0 aliphatic heterocycles. The number of benzene rings is 9. The number of rotatable bonds is 6. The zero-order chi connectivity index (χ0) is 46.2. The SMILES string of the molecule is [C-]#[N+]c1ccccc1-c1cc(-c2ccc(-n3c4ccc(-n5c6ccccc6c6ccccc65)cc4c4cc(-n5c6ccccc6c6ccccc65)ccc43)cc2C#N)nc(-c2ccccc2[N+]#[C-])n1. The lowest BCUT2D eigenvalue weighted by Crippen LogP contribution is -2.00. The van der Waals surface area contributed by atoms with Gasteiger partial charge in [0.2, 0.25) is 0 Å². The van der Waals surface area contributed by atoms with E-state index in [0.29, 0.717) is 50.8 Å². The van der Waals surface area contributed by atoms with Crippen molar-refractivity contribution in [2.45, 2.75) is 0 Å². The molecule has 4 heterocycles. The van der Waals surface area contributed by atoms with Crippen LogP contribution in [0.15, 0.2) is 206 Å². The molecule has 13 rings (SSSR count). The number of aromatic nitrogens is 5.